The van der Waals surface area contributed by atoms with Crippen molar-refractivity contribution in [3.05, 3.63) is 93.5 Å². The summed E-state index contributed by atoms with van der Waals surface area (Å²) in [5.41, 5.74) is 4.42. The number of hydrogen-bond donors (Lipinski definition) is 1. The van der Waals surface area contributed by atoms with Crippen LogP contribution in [0.1, 0.15) is 5.56 Å². The fraction of sp³-hybridized carbons (Fsp3) is 0. The van der Waals surface area contributed by atoms with Gasteiger partial charge in [-0.2, -0.15) is 5.10 Å². The van der Waals surface area contributed by atoms with Crippen LogP contribution in [0.3, 0.4) is 0 Å². The molecule has 0 aliphatic carbocycles. The lowest BCUT2D eigenvalue weighted by Gasteiger charge is -2.06. The highest BCUT2D eigenvalue weighted by Gasteiger charge is 2.11. The van der Waals surface area contributed by atoms with E-state index in [0.717, 1.165) is 15.5 Å². The molecule has 0 saturated heterocycles. The number of halogens is 1. The molecule has 7 heteroatoms. The Morgan fingerprint density at radius 1 is 1.04 bits per heavy atom. The molecule has 0 aliphatic heterocycles. The number of nitrogens with zero attached hydrogens (tertiary/aromatic N) is 2. The predicted octanol–water partition coefficient (Wildman–Crippen LogP) is 5.85. The average Bonchev–Trinajstić information content (AvgIpc) is 2.65. The molecular weight excluding hydrogens is 370 g/mol. The molecule has 0 aliphatic rings. The van der Waals surface area contributed by atoms with Gasteiger partial charge in [-0.1, -0.05) is 41.6 Å². The summed E-state index contributed by atoms with van der Waals surface area (Å²) in [7, 11) is 0. The Kier molecular flexibility index (Phi) is 5.88. The van der Waals surface area contributed by atoms with Gasteiger partial charge in [-0.25, -0.2) is 0 Å². The summed E-state index contributed by atoms with van der Waals surface area (Å²) >= 11 is 7.40. The van der Waals surface area contributed by atoms with Crippen LogP contribution >= 0.6 is 23.4 Å². The molecule has 130 valence electrons. The molecule has 0 unspecified atom stereocenters. The number of nitrogens with one attached hydrogen (secondary N) is 1. The summed E-state index contributed by atoms with van der Waals surface area (Å²) in [6.07, 6.45) is 1.58. The number of anilines is 1. The monoisotopic (exact) mass is 383 g/mol. The Morgan fingerprint density at radius 3 is 2.46 bits per heavy atom. The van der Waals surface area contributed by atoms with E-state index < -0.39 is 4.92 Å². The van der Waals surface area contributed by atoms with E-state index >= 15 is 0 Å². The third kappa shape index (κ3) is 4.84. The Balaban J connectivity index is 1.85. The van der Waals surface area contributed by atoms with Gasteiger partial charge in [0.25, 0.3) is 5.69 Å². The number of hydrogen-bond acceptors (Lipinski definition) is 5. The minimum absolute atomic E-state index is 0.0200. The highest BCUT2D eigenvalue weighted by Crippen LogP contribution is 2.32. The molecule has 3 rings (SSSR count). The van der Waals surface area contributed by atoms with Crippen molar-refractivity contribution < 1.29 is 4.92 Å². The quantitative estimate of drug-likeness (QED) is 0.329. The van der Waals surface area contributed by atoms with E-state index in [9.17, 15) is 10.1 Å². The Bertz CT molecular complexity index is 931. The van der Waals surface area contributed by atoms with E-state index in [-0.39, 0.29) is 5.69 Å². The topological polar surface area (TPSA) is 67.5 Å². The van der Waals surface area contributed by atoms with Crippen LogP contribution in [-0.2, 0) is 0 Å². The Labute approximate surface area is 159 Å². The second-order valence-corrected chi connectivity index (χ2v) is 6.82. The lowest BCUT2D eigenvalue weighted by Crippen LogP contribution is -1.95. The smallest absolute Gasteiger partial charge is 0.270 e. The van der Waals surface area contributed by atoms with E-state index in [1.165, 1.54) is 23.9 Å². The van der Waals surface area contributed by atoms with E-state index in [0.29, 0.717) is 10.6 Å². The van der Waals surface area contributed by atoms with Gasteiger partial charge in [0.1, 0.15) is 0 Å². The molecule has 0 aromatic heterocycles. The van der Waals surface area contributed by atoms with Crippen LogP contribution in [0.2, 0.25) is 5.02 Å². The van der Waals surface area contributed by atoms with Gasteiger partial charge < -0.3 is 0 Å². The van der Waals surface area contributed by atoms with Crippen molar-refractivity contribution in [2.24, 2.45) is 5.10 Å². The fourth-order valence-corrected chi connectivity index (χ4v) is 3.18. The van der Waals surface area contributed by atoms with Gasteiger partial charge in [0.15, 0.2) is 0 Å². The third-order valence-corrected chi connectivity index (χ3v) is 4.77. The maximum absolute atomic E-state index is 11.1. The lowest BCUT2D eigenvalue weighted by molar-refractivity contribution is -0.384. The minimum atomic E-state index is -0.418. The summed E-state index contributed by atoms with van der Waals surface area (Å²) in [5.74, 6) is 0. The van der Waals surface area contributed by atoms with Gasteiger partial charge in [0, 0.05) is 32.5 Å². The maximum atomic E-state index is 11.1. The molecule has 0 radical (unpaired) electrons. The molecule has 0 fully saturated rings. The zero-order valence-corrected chi connectivity index (χ0v) is 15.1. The van der Waals surface area contributed by atoms with Crippen molar-refractivity contribution in [2.75, 3.05) is 5.43 Å². The summed E-state index contributed by atoms with van der Waals surface area (Å²) < 4.78 is 0. The van der Waals surface area contributed by atoms with Crippen molar-refractivity contribution in [1.29, 1.82) is 0 Å². The van der Waals surface area contributed by atoms with E-state index in [2.05, 4.69) is 10.5 Å². The van der Waals surface area contributed by atoms with Crippen LogP contribution in [0.25, 0.3) is 0 Å². The molecular formula is C19H14ClN3O2S. The first-order valence-electron chi connectivity index (χ1n) is 7.68. The van der Waals surface area contributed by atoms with Crippen LogP contribution in [0, 0.1) is 10.1 Å². The Hall–Kier alpha value is -2.83. The molecule has 0 saturated carbocycles. The predicted molar refractivity (Wildman–Crippen MR) is 106 cm³/mol. The number of benzene rings is 3. The van der Waals surface area contributed by atoms with Crippen molar-refractivity contribution in [3.8, 4) is 0 Å². The highest BCUT2D eigenvalue weighted by molar-refractivity contribution is 7.99. The van der Waals surface area contributed by atoms with Crippen molar-refractivity contribution in [3.63, 3.8) is 0 Å². The number of non-ortho nitro benzene ring substituents is 1. The SMILES string of the molecule is O=[N+]([O-])c1ccc(Sc2ccc(Cl)cc2)c(C=NNc2ccccc2)c1. The number of nitro groups is 1. The molecule has 0 atom stereocenters. The zero-order valence-electron chi connectivity index (χ0n) is 13.5. The molecule has 1 N–H and O–H groups in total. The van der Waals surface area contributed by atoms with Gasteiger partial charge in [-0.05, 0) is 42.5 Å². The van der Waals surface area contributed by atoms with Crippen LogP contribution in [0.4, 0.5) is 11.4 Å². The first-order chi connectivity index (χ1) is 12.6. The minimum Gasteiger partial charge on any atom is -0.279 e. The third-order valence-electron chi connectivity index (χ3n) is 3.42. The first kappa shape index (κ1) is 18.0. The van der Waals surface area contributed by atoms with E-state index in [1.54, 1.807) is 24.4 Å². The van der Waals surface area contributed by atoms with Crippen LogP contribution in [-0.4, -0.2) is 11.1 Å². The molecule has 0 spiro atoms. The zero-order chi connectivity index (χ0) is 18.4. The number of nitro benzene ring substituents is 1. The second-order valence-electron chi connectivity index (χ2n) is 5.27. The maximum Gasteiger partial charge on any atom is 0.270 e. The normalized spacial score (nSPS) is 10.8. The van der Waals surface area contributed by atoms with Gasteiger partial charge in [-0.3, -0.25) is 15.5 Å². The van der Waals surface area contributed by atoms with Crippen LogP contribution < -0.4 is 5.43 Å². The summed E-state index contributed by atoms with van der Waals surface area (Å²) in [4.78, 5) is 12.5. The second kappa shape index (κ2) is 8.51. The van der Waals surface area contributed by atoms with Crippen LogP contribution in [0.5, 0.6) is 0 Å². The average molecular weight is 384 g/mol. The summed E-state index contributed by atoms with van der Waals surface area (Å²) in [6, 6.07) is 21.6. The standard InChI is InChI=1S/C19H14ClN3O2S/c20-15-6-9-18(10-7-15)26-19-11-8-17(23(24)25)12-14(19)13-21-22-16-4-2-1-3-5-16/h1-13,22H. The molecule has 0 heterocycles. The summed E-state index contributed by atoms with van der Waals surface area (Å²) in [6.45, 7) is 0. The van der Waals surface area contributed by atoms with E-state index in [1.807, 2.05) is 42.5 Å². The molecule has 0 bridgehead atoms. The molecule has 26 heavy (non-hydrogen) atoms. The highest BCUT2D eigenvalue weighted by atomic mass is 35.5. The molecule has 0 amide bonds. The molecule has 5 nitrogen and oxygen atoms in total. The van der Waals surface area contributed by atoms with Crippen molar-refractivity contribution >= 4 is 41.0 Å². The molecule has 3 aromatic carbocycles. The van der Waals surface area contributed by atoms with E-state index in [4.69, 9.17) is 11.6 Å². The van der Waals surface area contributed by atoms with Gasteiger partial charge in [0.05, 0.1) is 16.8 Å². The van der Waals surface area contributed by atoms with Gasteiger partial charge in [0.2, 0.25) is 0 Å². The van der Waals surface area contributed by atoms with Crippen LogP contribution in [0.15, 0.2) is 87.7 Å². The van der Waals surface area contributed by atoms with Crippen molar-refractivity contribution in [2.45, 2.75) is 9.79 Å². The van der Waals surface area contributed by atoms with Gasteiger partial charge in [-0.15, -0.1) is 0 Å². The largest absolute Gasteiger partial charge is 0.279 e. The molecule has 3 aromatic rings. The number of rotatable bonds is 6. The lowest BCUT2D eigenvalue weighted by atomic mass is 10.2. The van der Waals surface area contributed by atoms with Crippen molar-refractivity contribution in [1.82, 2.24) is 0 Å². The summed E-state index contributed by atoms with van der Waals surface area (Å²) in [5, 5.41) is 15.9. The fourth-order valence-electron chi connectivity index (χ4n) is 2.16. The number of hydrazone groups is 1. The van der Waals surface area contributed by atoms with Gasteiger partial charge >= 0.3 is 0 Å². The Morgan fingerprint density at radius 2 is 1.77 bits per heavy atom. The first-order valence-corrected chi connectivity index (χ1v) is 8.87. The number of para-hydroxylation sites is 1.